The summed E-state index contributed by atoms with van der Waals surface area (Å²) < 4.78 is 34.3. The van der Waals surface area contributed by atoms with Crippen LogP contribution in [-0.2, 0) is 4.74 Å². The summed E-state index contributed by atoms with van der Waals surface area (Å²) in [5.74, 6) is -0.712. The molecule has 2 atom stereocenters. The van der Waals surface area contributed by atoms with Crippen LogP contribution in [0.5, 0.6) is 0 Å². The van der Waals surface area contributed by atoms with Crippen molar-refractivity contribution >= 4 is 17.3 Å². The number of ether oxygens (including phenoxy) is 1. The SMILES string of the molecule is C[C@H](c1ccc(F)cc1F)N1CCC(n2ncc(NC[C@@H]3CCCOC3)c(Cl)c2=O)CC1. The molecule has 1 aromatic heterocycles. The van der Waals surface area contributed by atoms with Crippen LogP contribution in [0.1, 0.15) is 50.3 Å². The first kappa shape index (κ1) is 23.1. The van der Waals surface area contributed by atoms with Crippen molar-refractivity contribution in [3.8, 4) is 0 Å². The molecule has 0 unspecified atom stereocenters. The highest BCUT2D eigenvalue weighted by atomic mass is 35.5. The van der Waals surface area contributed by atoms with Gasteiger partial charge in [0, 0.05) is 43.9 Å². The highest BCUT2D eigenvalue weighted by molar-refractivity contribution is 6.32. The van der Waals surface area contributed by atoms with E-state index >= 15 is 0 Å². The molecule has 6 nitrogen and oxygen atoms in total. The number of aromatic nitrogens is 2. The maximum Gasteiger partial charge on any atom is 0.287 e. The average molecular weight is 467 g/mol. The summed E-state index contributed by atoms with van der Waals surface area (Å²) in [7, 11) is 0. The summed E-state index contributed by atoms with van der Waals surface area (Å²) in [4.78, 5) is 15.0. The lowest BCUT2D eigenvalue weighted by Gasteiger charge is -2.36. The molecule has 9 heteroatoms. The number of nitrogens with zero attached hydrogens (tertiary/aromatic N) is 3. The van der Waals surface area contributed by atoms with Gasteiger partial charge in [-0.2, -0.15) is 5.10 Å². The van der Waals surface area contributed by atoms with Gasteiger partial charge in [-0.25, -0.2) is 13.5 Å². The Morgan fingerprint density at radius 3 is 2.75 bits per heavy atom. The molecule has 2 saturated heterocycles. The fraction of sp³-hybridized carbons (Fsp3) is 0.565. The summed E-state index contributed by atoms with van der Waals surface area (Å²) in [6.45, 7) is 5.49. The maximum absolute atomic E-state index is 14.2. The van der Waals surface area contributed by atoms with Gasteiger partial charge in [-0.3, -0.25) is 9.69 Å². The summed E-state index contributed by atoms with van der Waals surface area (Å²) >= 11 is 6.37. The minimum absolute atomic E-state index is 0.0673. The maximum atomic E-state index is 14.2. The van der Waals surface area contributed by atoms with E-state index in [1.807, 2.05) is 6.92 Å². The van der Waals surface area contributed by atoms with Crippen molar-refractivity contribution in [3.05, 3.63) is 57.0 Å². The Kier molecular flexibility index (Phi) is 7.43. The minimum atomic E-state index is -0.579. The Balaban J connectivity index is 1.37. The number of likely N-dealkylation sites (tertiary alicyclic amines) is 1. The molecule has 2 aromatic rings. The van der Waals surface area contributed by atoms with E-state index in [2.05, 4.69) is 15.3 Å². The second-order valence-electron chi connectivity index (χ2n) is 8.69. The van der Waals surface area contributed by atoms with Crippen LogP contribution in [0.25, 0.3) is 0 Å². The van der Waals surface area contributed by atoms with Crippen molar-refractivity contribution in [2.24, 2.45) is 5.92 Å². The van der Waals surface area contributed by atoms with E-state index in [-0.39, 0.29) is 22.7 Å². The molecule has 3 heterocycles. The molecule has 2 aliphatic heterocycles. The number of hydrogen-bond acceptors (Lipinski definition) is 5. The van der Waals surface area contributed by atoms with Crippen molar-refractivity contribution in [1.29, 1.82) is 0 Å². The monoisotopic (exact) mass is 466 g/mol. The van der Waals surface area contributed by atoms with E-state index in [1.54, 1.807) is 6.20 Å². The van der Waals surface area contributed by atoms with Crippen molar-refractivity contribution in [2.75, 3.05) is 38.2 Å². The Labute approximate surface area is 191 Å². The molecular formula is C23H29ClF2N4O2. The van der Waals surface area contributed by atoms with Gasteiger partial charge < -0.3 is 10.1 Å². The fourth-order valence-corrected chi connectivity index (χ4v) is 4.81. The normalized spacial score (nSPS) is 21.4. The van der Waals surface area contributed by atoms with Crippen LogP contribution >= 0.6 is 11.6 Å². The quantitative estimate of drug-likeness (QED) is 0.683. The van der Waals surface area contributed by atoms with Crippen molar-refractivity contribution < 1.29 is 13.5 Å². The number of piperidine rings is 1. The first-order valence-corrected chi connectivity index (χ1v) is 11.6. The molecule has 0 spiro atoms. The zero-order valence-electron chi connectivity index (χ0n) is 18.2. The number of halogens is 3. The summed E-state index contributed by atoms with van der Waals surface area (Å²) in [6.07, 6.45) is 5.15. The van der Waals surface area contributed by atoms with E-state index in [0.29, 0.717) is 56.3 Å². The third-order valence-electron chi connectivity index (χ3n) is 6.58. The molecule has 174 valence electrons. The van der Waals surface area contributed by atoms with Gasteiger partial charge >= 0.3 is 0 Å². The number of hydrogen-bond donors (Lipinski definition) is 1. The standard InChI is InChI=1S/C23H29ClF2N4O2/c1-15(19-5-4-17(25)11-20(19)26)29-8-6-18(7-9-29)30-23(31)22(24)21(13-28-30)27-12-16-3-2-10-32-14-16/h4-5,11,13,15-16,18,27H,2-3,6-10,12,14H2,1H3/t15-,16+/m1/s1. The summed E-state index contributed by atoms with van der Waals surface area (Å²) in [6, 6.07) is 3.45. The van der Waals surface area contributed by atoms with Gasteiger partial charge in [0.1, 0.15) is 16.7 Å². The second kappa shape index (κ2) is 10.3. The molecule has 4 rings (SSSR count). The Morgan fingerprint density at radius 1 is 1.28 bits per heavy atom. The molecule has 0 aliphatic carbocycles. The second-order valence-corrected chi connectivity index (χ2v) is 9.07. The third-order valence-corrected chi connectivity index (χ3v) is 6.95. The predicted molar refractivity (Wildman–Crippen MR) is 120 cm³/mol. The lowest BCUT2D eigenvalue weighted by atomic mass is 10.00. The Bertz CT molecular complexity index is 988. The van der Waals surface area contributed by atoms with Crippen LogP contribution in [0.4, 0.5) is 14.5 Å². The molecular weight excluding hydrogens is 438 g/mol. The largest absolute Gasteiger partial charge is 0.382 e. The topological polar surface area (TPSA) is 59.4 Å². The Hall–Kier alpha value is -2.03. The number of rotatable bonds is 6. The van der Waals surface area contributed by atoms with Crippen LogP contribution in [0.15, 0.2) is 29.2 Å². The fourth-order valence-electron chi connectivity index (χ4n) is 4.61. The molecule has 0 saturated carbocycles. The molecule has 0 bridgehead atoms. The molecule has 1 N–H and O–H groups in total. The van der Waals surface area contributed by atoms with Crippen molar-refractivity contribution in [1.82, 2.24) is 14.7 Å². The van der Waals surface area contributed by atoms with E-state index in [1.165, 1.54) is 16.8 Å². The molecule has 2 fully saturated rings. The van der Waals surface area contributed by atoms with E-state index in [0.717, 1.165) is 25.5 Å². The smallest absolute Gasteiger partial charge is 0.287 e. The first-order valence-electron chi connectivity index (χ1n) is 11.2. The molecule has 2 aliphatic rings. The van der Waals surface area contributed by atoms with Crippen LogP contribution in [0.2, 0.25) is 5.02 Å². The first-order chi connectivity index (χ1) is 15.4. The van der Waals surface area contributed by atoms with E-state index in [4.69, 9.17) is 16.3 Å². The molecule has 1 aromatic carbocycles. The summed E-state index contributed by atoms with van der Waals surface area (Å²) in [5, 5.41) is 7.78. The highest BCUT2D eigenvalue weighted by Gasteiger charge is 2.28. The van der Waals surface area contributed by atoms with Crippen LogP contribution < -0.4 is 10.9 Å². The third kappa shape index (κ3) is 5.13. The molecule has 0 radical (unpaired) electrons. The lowest BCUT2D eigenvalue weighted by Crippen LogP contribution is -2.40. The van der Waals surface area contributed by atoms with Crippen molar-refractivity contribution in [2.45, 2.75) is 44.7 Å². The van der Waals surface area contributed by atoms with Gasteiger partial charge in [0.05, 0.1) is 24.5 Å². The molecule has 32 heavy (non-hydrogen) atoms. The van der Waals surface area contributed by atoms with Gasteiger partial charge in [-0.1, -0.05) is 17.7 Å². The number of benzene rings is 1. The zero-order valence-corrected chi connectivity index (χ0v) is 19.0. The van der Waals surface area contributed by atoms with E-state index in [9.17, 15) is 13.6 Å². The minimum Gasteiger partial charge on any atom is -0.382 e. The van der Waals surface area contributed by atoms with Gasteiger partial charge in [0.25, 0.3) is 5.56 Å². The van der Waals surface area contributed by atoms with E-state index < -0.39 is 11.6 Å². The predicted octanol–water partition coefficient (Wildman–Crippen LogP) is 4.41. The van der Waals surface area contributed by atoms with Gasteiger partial charge in [0.15, 0.2) is 0 Å². The van der Waals surface area contributed by atoms with Crippen LogP contribution in [-0.4, -0.2) is 47.5 Å². The summed E-state index contributed by atoms with van der Waals surface area (Å²) in [5.41, 5.74) is 0.728. The number of nitrogens with one attached hydrogen (secondary N) is 1. The van der Waals surface area contributed by atoms with Gasteiger partial charge in [-0.05, 0) is 44.6 Å². The zero-order chi connectivity index (χ0) is 22.7. The van der Waals surface area contributed by atoms with Crippen molar-refractivity contribution in [3.63, 3.8) is 0 Å². The lowest BCUT2D eigenvalue weighted by molar-refractivity contribution is 0.0595. The average Bonchev–Trinajstić information content (AvgIpc) is 2.80. The molecule has 0 amide bonds. The Morgan fingerprint density at radius 2 is 2.06 bits per heavy atom. The van der Waals surface area contributed by atoms with Gasteiger partial charge in [-0.15, -0.1) is 0 Å². The van der Waals surface area contributed by atoms with Crippen LogP contribution in [0, 0.1) is 17.6 Å². The highest BCUT2D eigenvalue weighted by Crippen LogP contribution is 2.30. The number of anilines is 1. The van der Waals surface area contributed by atoms with Gasteiger partial charge in [0.2, 0.25) is 0 Å². The van der Waals surface area contributed by atoms with Crippen LogP contribution in [0.3, 0.4) is 0 Å².